The van der Waals surface area contributed by atoms with Crippen LogP contribution in [0.15, 0.2) is 60.7 Å². The maximum absolute atomic E-state index is 2.29. The first-order valence-electron chi connectivity index (χ1n) is 9.93. The van der Waals surface area contributed by atoms with E-state index in [-0.39, 0.29) is 51.7 Å². The molecular formula is C28H36HfSi. The predicted octanol–water partition coefficient (Wildman–Crippen LogP) is 8.16. The number of fused-ring (bicyclic) bond motifs is 2. The molecule has 156 valence electrons. The maximum Gasteiger partial charge on any atom is 4.00 e. The van der Waals surface area contributed by atoms with E-state index in [0.29, 0.717) is 0 Å². The summed E-state index contributed by atoms with van der Waals surface area (Å²) in [6.07, 6.45) is 4.88. The Labute approximate surface area is 208 Å². The van der Waals surface area contributed by atoms with Gasteiger partial charge < -0.3 is 14.9 Å². The quantitative estimate of drug-likeness (QED) is 0.169. The van der Waals surface area contributed by atoms with E-state index >= 15 is 0 Å². The molecule has 2 heteroatoms. The zero-order valence-electron chi connectivity index (χ0n) is 19.6. The molecule has 4 aromatic rings. The smallest absolute Gasteiger partial charge is 0.358 e. The molecule has 0 atom stereocenters. The average Bonchev–Trinajstić information content (AvgIpc) is 3.13. The molecule has 0 fully saturated rings. The molecule has 0 aromatic heterocycles. The molecule has 30 heavy (non-hydrogen) atoms. The van der Waals surface area contributed by atoms with E-state index in [1.54, 1.807) is 0 Å². The Balaban J connectivity index is 0. The predicted molar refractivity (Wildman–Crippen MR) is 135 cm³/mol. The monoisotopic (exact) mass is 580 g/mol. The second-order valence-electron chi connectivity index (χ2n) is 7.29. The second-order valence-corrected chi connectivity index (χ2v) is 7.29. The summed E-state index contributed by atoms with van der Waals surface area (Å²) < 4.78 is 0. The van der Waals surface area contributed by atoms with Crippen molar-refractivity contribution in [3.05, 3.63) is 97.8 Å². The fourth-order valence-corrected chi connectivity index (χ4v) is 4.02. The van der Waals surface area contributed by atoms with E-state index in [4.69, 9.17) is 0 Å². The van der Waals surface area contributed by atoms with Crippen LogP contribution in [0.4, 0.5) is 0 Å². The van der Waals surface area contributed by atoms with Gasteiger partial charge in [0.05, 0.1) is 0 Å². The first-order chi connectivity index (χ1) is 12.7. The van der Waals surface area contributed by atoms with Gasteiger partial charge in [-0.2, -0.15) is 11.1 Å². The minimum atomic E-state index is 0. The average molecular weight is 579 g/mol. The second kappa shape index (κ2) is 14.7. The third kappa shape index (κ3) is 6.89. The van der Waals surface area contributed by atoms with Crippen LogP contribution in [0.3, 0.4) is 0 Å². The Morgan fingerprint density at radius 1 is 0.633 bits per heavy atom. The van der Waals surface area contributed by atoms with Crippen molar-refractivity contribution in [2.75, 3.05) is 0 Å². The van der Waals surface area contributed by atoms with E-state index in [2.05, 4.69) is 88.4 Å². The van der Waals surface area contributed by atoms with Gasteiger partial charge in [-0.1, -0.05) is 65.5 Å². The van der Waals surface area contributed by atoms with Gasteiger partial charge in [0.25, 0.3) is 0 Å². The summed E-state index contributed by atoms with van der Waals surface area (Å²) in [6.45, 7) is 8.90. The molecule has 0 saturated carbocycles. The largest absolute Gasteiger partial charge is 4.00 e. The van der Waals surface area contributed by atoms with Gasteiger partial charge in [0.15, 0.2) is 0 Å². The molecule has 0 N–H and O–H groups in total. The normalized spacial score (nSPS) is 9.47. The van der Waals surface area contributed by atoms with Crippen molar-refractivity contribution in [3.8, 4) is 0 Å². The van der Waals surface area contributed by atoms with E-state index < -0.39 is 0 Å². The van der Waals surface area contributed by atoms with Crippen LogP contribution in [-0.4, -0.2) is 11.0 Å². The Morgan fingerprint density at radius 3 is 1.30 bits per heavy atom. The molecule has 4 radical (unpaired) electrons. The van der Waals surface area contributed by atoms with Gasteiger partial charge >= 0.3 is 25.8 Å². The molecule has 0 saturated heterocycles. The molecule has 0 bridgehead atoms. The van der Waals surface area contributed by atoms with Gasteiger partial charge in [-0.25, -0.2) is 0 Å². The number of rotatable bonds is 4. The number of benzene rings is 2. The fourth-order valence-electron chi connectivity index (χ4n) is 4.02. The standard InChI is InChI=1S/2C13H15.2CH3.Hf.Si/c2*1-3-6-12-10(2)9-11-7-4-5-8-13(11)12;;;;/h2*4-5,7-9H,3,6H2,1-2H3;2*1H3;;/q4*-1;+4;. The van der Waals surface area contributed by atoms with Crippen molar-refractivity contribution in [2.24, 2.45) is 0 Å². The summed E-state index contributed by atoms with van der Waals surface area (Å²) >= 11 is 0. The van der Waals surface area contributed by atoms with Crippen LogP contribution in [0.2, 0.25) is 0 Å². The van der Waals surface area contributed by atoms with Crippen LogP contribution in [0, 0.1) is 28.7 Å². The van der Waals surface area contributed by atoms with Crippen molar-refractivity contribution >= 4 is 32.5 Å². The van der Waals surface area contributed by atoms with Crippen LogP contribution in [0.5, 0.6) is 0 Å². The topological polar surface area (TPSA) is 0 Å². The summed E-state index contributed by atoms with van der Waals surface area (Å²) in [7, 11) is 0. The third-order valence-corrected chi connectivity index (χ3v) is 5.27. The van der Waals surface area contributed by atoms with Gasteiger partial charge in [0.1, 0.15) is 0 Å². The van der Waals surface area contributed by atoms with E-state index in [9.17, 15) is 0 Å². The van der Waals surface area contributed by atoms with E-state index in [1.807, 2.05) is 0 Å². The maximum atomic E-state index is 2.29. The van der Waals surface area contributed by atoms with Crippen LogP contribution in [-0.2, 0) is 38.7 Å². The van der Waals surface area contributed by atoms with E-state index in [1.165, 1.54) is 69.5 Å². The van der Waals surface area contributed by atoms with Crippen molar-refractivity contribution in [1.82, 2.24) is 0 Å². The van der Waals surface area contributed by atoms with Gasteiger partial charge in [0, 0.05) is 11.0 Å². The molecule has 0 aliphatic rings. The number of hydrogen-bond donors (Lipinski definition) is 0. The molecule has 4 aromatic carbocycles. The molecule has 0 aliphatic heterocycles. The van der Waals surface area contributed by atoms with Gasteiger partial charge in [-0.15, -0.1) is 81.2 Å². The van der Waals surface area contributed by atoms with Gasteiger partial charge in [0.2, 0.25) is 0 Å². The van der Waals surface area contributed by atoms with Crippen molar-refractivity contribution < 1.29 is 25.8 Å². The zero-order valence-corrected chi connectivity index (χ0v) is 24.2. The molecule has 0 amide bonds. The molecule has 0 nitrogen and oxygen atoms in total. The zero-order chi connectivity index (χ0) is 18.5. The van der Waals surface area contributed by atoms with Crippen molar-refractivity contribution in [2.45, 2.75) is 53.4 Å². The Bertz CT molecular complexity index is 908. The number of aryl methyl sites for hydroxylation is 4. The van der Waals surface area contributed by atoms with Gasteiger partial charge in [-0.3, -0.25) is 0 Å². The SMILES string of the molecule is CCCc1c(C)[cH-]c2ccccc12.CCCc1c(C)[cH-]c2ccccc12.[CH3-].[CH3-].[Hf+4].[Si]. The van der Waals surface area contributed by atoms with E-state index in [0.717, 1.165) is 0 Å². The Kier molecular flexibility index (Phi) is 15.2. The first-order valence-corrected chi connectivity index (χ1v) is 9.93. The fraction of sp³-hybridized carbons (Fsp3) is 0.286. The molecular weight excluding hydrogens is 543 g/mol. The summed E-state index contributed by atoms with van der Waals surface area (Å²) in [4.78, 5) is 0. The summed E-state index contributed by atoms with van der Waals surface area (Å²) in [5, 5.41) is 5.68. The summed E-state index contributed by atoms with van der Waals surface area (Å²) in [6, 6.07) is 21.9. The third-order valence-electron chi connectivity index (χ3n) is 5.27. The first kappa shape index (κ1) is 30.9. The molecule has 0 heterocycles. The summed E-state index contributed by atoms with van der Waals surface area (Å²) in [5.74, 6) is 0. The molecule has 0 spiro atoms. The van der Waals surface area contributed by atoms with Gasteiger partial charge in [-0.05, 0) is 0 Å². The Hall–Kier alpha value is -1.25. The van der Waals surface area contributed by atoms with Crippen molar-refractivity contribution in [3.63, 3.8) is 0 Å². The molecule has 0 unspecified atom stereocenters. The van der Waals surface area contributed by atoms with Crippen LogP contribution >= 0.6 is 0 Å². The molecule has 0 aliphatic carbocycles. The minimum absolute atomic E-state index is 0. The summed E-state index contributed by atoms with van der Waals surface area (Å²) in [5.41, 5.74) is 5.97. The van der Waals surface area contributed by atoms with Crippen LogP contribution < -0.4 is 0 Å². The van der Waals surface area contributed by atoms with Crippen LogP contribution in [0.1, 0.15) is 48.9 Å². The number of hydrogen-bond acceptors (Lipinski definition) is 0. The Morgan fingerprint density at radius 2 is 0.967 bits per heavy atom. The molecule has 4 rings (SSSR count). The van der Waals surface area contributed by atoms with Crippen molar-refractivity contribution in [1.29, 1.82) is 0 Å². The van der Waals surface area contributed by atoms with Crippen LogP contribution in [0.25, 0.3) is 21.5 Å². The minimum Gasteiger partial charge on any atom is -0.358 e.